The van der Waals surface area contributed by atoms with Crippen molar-refractivity contribution in [3.8, 4) is 11.4 Å². The zero-order valence-electron chi connectivity index (χ0n) is 16.2. The summed E-state index contributed by atoms with van der Waals surface area (Å²) in [6.07, 6.45) is 0. The second-order valence-corrected chi connectivity index (χ2v) is 8.31. The summed E-state index contributed by atoms with van der Waals surface area (Å²) in [6.45, 7) is 6.63. The Morgan fingerprint density at radius 1 is 0.821 bits per heavy atom. The van der Waals surface area contributed by atoms with Gasteiger partial charge in [-0.2, -0.15) is 0 Å². The van der Waals surface area contributed by atoms with Crippen LogP contribution in [0.15, 0.2) is 72.8 Å². The minimum absolute atomic E-state index is 0.113. The van der Waals surface area contributed by atoms with Gasteiger partial charge in [0.25, 0.3) is 0 Å². The van der Waals surface area contributed by atoms with Crippen LogP contribution in [0.4, 0.5) is 11.5 Å². The maximum absolute atomic E-state index is 6.14. The van der Waals surface area contributed by atoms with Crippen LogP contribution in [0.3, 0.4) is 0 Å². The van der Waals surface area contributed by atoms with Gasteiger partial charge in [-0.25, -0.2) is 9.97 Å². The Morgan fingerprint density at radius 3 is 2.29 bits per heavy atom. The molecular weight excluding hydrogens is 366 g/mol. The molecule has 4 rings (SSSR count). The minimum Gasteiger partial charge on any atom is -0.340 e. The van der Waals surface area contributed by atoms with Gasteiger partial charge in [-0.15, -0.1) is 0 Å². The van der Waals surface area contributed by atoms with Gasteiger partial charge in [0.15, 0.2) is 5.82 Å². The highest BCUT2D eigenvalue weighted by molar-refractivity contribution is 6.30. The summed E-state index contributed by atoms with van der Waals surface area (Å²) >= 11 is 6.14. The number of anilines is 2. The van der Waals surface area contributed by atoms with Crippen LogP contribution in [0.25, 0.3) is 22.3 Å². The monoisotopic (exact) mass is 387 g/mol. The largest absolute Gasteiger partial charge is 0.340 e. The molecule has 0 bridgehead atoms. The molecule has 0 aliphatic heterocycles. The average Bonchev–Trinajstić information content (AvgIpc) is 2.67. The molecule has 140 valence electrons. The molecule has 0 aliphatic rings. The lowest BCUT2D eigenvalue weighted by molar-refractivity contribution is 0.590. The fourth-order valence-electron chi connectivity index (χ4n) is 3.12. The SMILES string of the molecule is CC(C)(C)c1ccc(-c2nc(Nc3cccc(Cl)c3)c3ccccc3n2)cc1. The van der Waals surface area contributed by atoms with Gasteiger partial charge in [0.2, 0.25) is 0 Å². The summed E-state index contributed by atoms with van der Waals surface area (Å²) in [7, 11) is 0. The summed E-state index contributed by atoms with van der Waals surface area (Å²) < 4.78 is 0. The number of nitrogens with one attached hydrogen (secondary N) is 1. The number of fused-ring (bicyclic) bond motifs is 1. The van der Waals surface area contributed by atoms with E-state index in [0.717, 1.165) is 28.0 Å². The van der Waals surface area contributed by atoms with Crippen LogP contribution >= 0.6 is 11.6 Å². The first kappa shape index (κ1) is 18.5. The molecule has 4 heteroatoms. The number of hydrogen-bond donors (Lipinski definition) is 1. The van der Waals surface area contributed by atoms with Crippen molar-refractivity contribution in [2.24, 2.45) is 0 Å². The Kier molecular flexibility index (Phi) is 4.78. The van der Waals surface area contributed by atoms with E-state index in [9.17, 15) is 0 Å². The lowest BCUT2D eigenvalue weighted by Gasteiger charge is -2.19. The van der Waals surface area contributed by atoms with Gasteiger partial charge < -0.3 is 5.32 Å². The summed E-state index contributed by atoms with van der Waals surface area (Å²) in [5, 5.41) is 5.05. The highest BCUT2D eigenvalue weighted by Gasteiger charge is 2.14. The summed E-state index contributed by atoms with van der Waals surface area (Å²) in [4.78, 5) is 9.60. The molecule has 0 saturated carbocycles. The van der Waals surface area contributed by atoms with E-state index in [4.69, 9.17) is 21.6 Å². The third-order valence-electron chi connectivity index (χ3n) is 4.70. The molecular formula is C24H22ClN3. The van der Waals surface area contributed by atoms with E-state index in [1.807, 2.05) is 48.5 Å². The van der Waals surface area contributed by atoms with Gasteiger partial charge in [0.05, 0.1) is 5.52 Å². The van der Waals surface area contributed by atoms with Crippen molar-refractivity contribution < 1.29 is 0 Å². The first-order valence-electron chi connectivity index (χ1n) is 9.30. The Balaban J connectivity index is 1.80. The van der Waals surface area contributed by atoms with Crippen molar-refractivity contribution in [2.45, 2.75) is 26.2 Å². The lowest BCUT2D eigenvalue weighted by Crippen LogP contribution is -2.10. The zero-order valence-corrected chi connectivity index (χ0v) is 17.0. The fraction of sp³-hybridized carbons (Fsp3) is 0.167. The number of halogens is 1. The summed E-state index contributed by atoms with van der Waals surface area (Å²) in [5.74, 6) is 1.46. The predicted octanol–water partition coefficient (Wildman–Crippen LogP) is 6.99. The minimum atomic E-state index is 0.113. The van der Waals surface area contributed by atoms with Crippen molar-refractivity contribution in [3.63, 3.8) is 0 Å². The molecule has 1 aromatic heterocycles. The van der Waals surface area contributed by atoms with E-state index in [2.05, 4.69) is 50.4 Å². The van der Waals surface area contributed by atoms with Gasteiger partial charge >= 0.3 is 0 Å². The number of aromatic nitrogens is 2. The molecule has 3 aromatic carbocycles. The van der Waals surface area contributed by atoms with Crippen molar-refractivity contribution in [3.05, 3.63) is 83.4 Å². The van der Waals surface area contributed by atoms with Crippen LogP contribution in [0.2, 0.25) is 5.02 Å². The molecule has 0 saturated heterocycles. The first-order valence-corrected chi connectivity index (χ1v) is 9.68. The van der Waals surface area contributed by atoms with E-state index in [1.165, 1.54) is 5.56 Å². The quantitative estimate of drug-likeness (QED) is 0.411. The fourth-order valence-corrected chi connectivity index (χ4v) is 3.31. The second-order valence-electron chi connectivity index (χ2n) is 7.88. The second kappa shape index (κ2) is 7.25. The van der Waals surface area contributed by atoms with Crippen LogP contribution < -0.4 is 5.32 Å². The smallest absolute Gasteiger partial charge is 0.162 e. The molecule has 1 N–H and O–H groups in total. The molecule has 4 aromatic rings. The molecule has 3 nitrogen and oxygen atoms in total. The average molecular weight is 388 g/mol. The number of rotatable bonds is 3. The van der Waals surface area contributed by atoms with E-state index in [1.54, 1.807) is 0 Å². The van der Waals surface area contributed by atoms with Crippen LogP contribution in [-0.2, 0) is 5.41 Å². The van der Waals surface area contributed by atoms with Gasteiger partial charge in [-0.05, 0) is 41.3 Å². The van der Waals surface area contributed by atoms with Gasteiger partial charge in [-0.3, -0.25) is 0 Å². The van der Waals surface area contributed by atoms with Crippen LogP contribution in [-0.4, -0.2) is 9.97 Å². The highest BCUT2D eigenvalue weighted by Crippen LogP contribution is 2.29. The van der Waals surface area contributed by atoms with Gasteiger partial charge in [0, 0.05) is 21.7 Å². The van der Waals surface area contributed by atoms with Crippen LogP contribution in [0.5, 0.6) is 0 Å². The molecule has 1 heterocycles. The Labute approximate surface area is 170 Å². The summed E-state index contributed by atoms with van der Waals surface area (Å²) in [5.41, 5.74) is 4.19. The third kappa shape index (κ3) is 3.85. The van der Waals surface area contributed by atoms with E-state index < -0.39 is 0 Å². The number of nitrogens with zero attached hydrogens (tertiary/aromatic N) is 2. The van der Waals surface area contributed by atoms with Crippen LogP contribution in [0, 0.1) is 0 Å². The molecule has 0 fully saturated rings. The molecule has 0 radical (unpaired) electrons. The van der Waals surface area contributed by atoms with Crippen molar-refractivity contribution in [2.75, 3.05) is 5.32 Å². The number of para-hydroxylation sites is 1. The third-order valence-corrected chi connectivity index (χ3v) is 4.93. The molecule has 0 atom stereocenters. The number of hydrogen-bond acceptors (Lipinski definition) is 3. The van der Waals surface area contributed by atoms with Crippen molar-refractivity contribution in [1.29, 1.82) is 0 Å². The normalized spacial score (nSPS) is 11.6. The first-order chi connectivity index (χ1) is 13.4. The van der Waals surface area contributed by atoms with Crippen molar-refractivity contribution >= 4 is 34.0 Å². The van der Waals surface area contributed by atoms with E-state index >= 15 is 0 Å². The van der Waals surface area contributed by atoms with Gasteiger partial charge in [-0.1, -0.05) is 74.8 Å². The Hall–Kier alpha value is -2.91. The van der Waals surface area contributed by atoms with Gasteiger partial charge in [0.1, 0.15) is 5.82 Å². The van der Waals surface area contributed by atoms with E-state index in [-0.39, 0.29) is 5.41 Å². The molecule has 28 heavy (non-hydrogen) atoms. The standard InChI is InChI=1S/C24H22ClN3/c1-24(2,3)17-13-11-16(12-14-17)22-27-21-10-5-4-9-20(21)23(28-22)26-19-8-6-7-18(25)15-19/h4-15H,1-3H3,(H,26,27,28). The topological polar surface area (TPSA) is 37.8 Å². The zero-order chi connectivity index (χ0) is 19.7. The molecule has 0 spiro atoms. The molecule has 0 unspecified atom stereocenters. The Morgan fingerprint density at radius 2 is 1.57 bits per heavy atom. The van der Waals surface area contributed by atoms with Crippen molar-refractivity contribution in [1.82, 2.24) is 9.97 Å². The maximum Gasteiger partial charge on any atom is 0.162 e. The lowest BCUT2D eigenvalue weighted by atomic mass is 9.87. The van der Waals surface area contributed by atoms with E-state index in [0.29, 0.717) is 10.8 Å². The van der Waals surface area contributed by atoms with Crippen LogP contribution in [0.1, 0.15) is 26.3 Å². The predicted molar refractivity (Wildman–Crippen MR) is 118 cm³/mol. The molecule has 0 amide bonds. The summed E-state index contributed by atoms with van der Waals surface area (Å²) in [6, 6.07) is 24.1. The Bertz CT molecular complexity index is 1130. The number of benzene rings is 3. The maximum atomic E-state index is 6.14. The molecule has 0 aliphatic carbocycles. The highest BCUT2D eigenvalue weighted by atomic mass is 35.5.